The zero-order valence-electron chi connectivity index (χ0n) is 11.7. The van der Waals surface area contributed by atoms with Gasteiger partial charge in [0.25, 0.3) is 0 Å². The van der Waals surface area contributed by atoms with Gasteiger partial charge < -0.3 is 10.0 Å². The van der Waals surface area contributed by atoms with Crippen molar-refractivity contribution < 1.29 is 9.90 Å². The summed E-state index contributed by atoms with van der Waals surface area (Å²) in [7, 11) is 0. The Hall–Kier alpha value is -2.02. The third-order valence-corrected chi connectivity index (χ3v) is 2.99. The average Bonchev–Trinajstić information content (AvgIpc) is 2.34. The first-order valence-electron chi connectivity index (χ1n) is 6.45. The number of aliphatic carboxylic acids is 1. The van der Waals surface area contributed by atoms with Crippen molar-refractivity contribution >= 4 is 11.7 Å². The van der Waals surface area contributed by atoms with Crippen molar-refractivity contribution in [1.82, 2.24) is 0 Å². The van der Waals surface area contributed by atoms with E-state index in [1.807, 2.05) is 39.0 Å². The molecule has 0 bridgehead atoms. The lowest BCUT2D eigenvalue weighted by molar-refractivity contribution is -0.137. The van der Waals surface area contributed by atoms with Crippen LogP contribution in [0.25, 0.3) is 0 Å². The van der Waals surface area contributed by atoms with E-state index >= 15 is 0 Å². The molecule has 1 aromatic rings. The summed E-state index contributed by atoms with van der Waals surface area (Å²) in [5.74, 6) is -0.784. The van der Waals surface area contributed by atoms with Gasteiger partial charge in [0, 0.05) is 19.0 Å². The molecule has 0 unspecified atom stereocenters. The molecule has 0 saturated carbocycles. The monoisotopic (exact) mass is 260 g/mol. The van der Waals surface area contributed by atoms with Gasteiger partial charge >= 0.3 is 5.97 Å². The van der Waals surface area contributed by atoms with Gasteiger partial charge in [-0.15, -0.1) is 0 Å². The van der Waals surface area contributed by atoms with E-state index in [0.717, 1.165) is 11.3 Å². The lowest BCUT2D eigenvalue weighted by atomic mass is 10.1. The highest BCUT2D eigenvalue weighted by atomic mass is 16.4. The van der Waals surface area contributed by atoms with Crippen molar-refractivity contribution in [2.75, 3.05) is 11.4 Å². The van der Waals surface area contributed by atoms with Crippen LogP contribution in [0.15, 0.2) is 18.2 Å². The Morgan fingerprint density at radius 2 is 2.16 bits per heavy atom. The Bertz CT molecular complexity index is 489. The number of aryl methyl sites for hydroxylation is 1. The number of carbonyl (C=O) groups is 1. The van der Waals surface area contributed by atoms with Crippen molar-refractivity contribution in [2.24, 2.45) is 0 Å². The maximum absolute atomic E-state index is 10.6. The van der Waals surface area contributed by atoms with Crippen LogP contribution >= 0.6 is 0 Å². The first kappa shape index (κ1) is 15.0. The van der Waals surface area contributed by atoms with E-state index < -0.39 is 5.97 Å². The second-order valence-corrected chi connectivity index (χ2v) is 4.92. The van der Waals surface area contributed by atoms with Crippen molar-refractivity contribution in [3.8, 4) is 6.07 Å². The predicted octanol–water partition coefficient (Wildman–Crippen LogP) is 2.95. The number of carboxylic acid groups (broad SMARTS) is 1. The number of hydrogen-bond acceptors (Lipinski definition) is 3. The maximum atomic E-state index is 10.6. The molecule has 0 aliphatic heterocycles. The van der Waals surface area contributed by atoms with Crippen LogP contribution in [-0.2, 0) is 4.79 Å². The molecule has 0 aliphatic carbocycles. The third kappa shape index (κ3) is 4.29. The van der Waals surface area contributed by atoms with Gasteiger partial charge in [0.05, 0.1) is 11.3 Å². The van der Waals surface area contributed by atoms with E-state index in [9.17, 15) is 10.1 Å². The predicted molar refractivity (Wildman–Crippen MR) is 75.2 cm³/mol. The van der Waals surface area contributed by atoms with E-state index in [2.05, 4.69) is 11.0 Å². The number of nitriles is 1. The van der Waals surface area contributed by atoms with E-state index in [0.29, 0.717) is 18.5 Å². The van der Waals surface area contributed by atoms with Gasteiger partial charge in [0.1, 0.15) is 6.07 Å². The quantitative estimate of drug-likeness (QED) is 0.854. The topological polar surface area (TPSA) is 64.3 Å². The Morgan fingerprint density at radius 1 is 1.47 bits per heavy atom. The van der Waals surface area contributed by atoms with Crippen molar-refractivity contribution in [2.45, 2.75) is 39.7 Å². The Kier molecular flexibility index (Phi) is 5.37. The highest BCUT2D eigenvalue weighted by molar-refractivity contribution is 5.67. The molecule has 102 valence electrons. The summed E-state index contributed by atoms with van der Waals surface area (Å²) < 4.78 is 0. The van der Waals surface area contributed by atoms with Gasteiger partial charge in [0.2, 0.25) is 0 Å². The molecular formula is C15H20N2O2. The number of rotatable bonds is 6. The highest BCUT2D eigenvalue weighted by Gasteiger charge is 2.14. The molecule has 0 radical (unpaired) electrons. The van der Waals surface area contributed by atoms with Crippen molar-refractivity contribution in [1.29, 1.82) is 5.26 Å². The van der Waals surface area contributed by atoms with Crippen molar-refractivity contribution in [3.63, 3.8) is 0 Å². The first-order chi connectivity index (χ1) is 8.95. The summed E-state index contributed by atoms with van der Waals surface area (Å²) >= 11 is 0. The Labute approximate surface area is 114 Å². The zero-order chi connectivity index (χ0) is 14.4. The maximum Gasteiger partial charge on any atom is 0.303 e. The molecule has 4 nitrogen and oxygen atoms in total. The highest BCUT2D eigenvalue weighted by Crippen LogP contribution is 2.23. The molecular weight excluding hydrogens is 240 g/mol. The molecule has 1 rings (SSSR count). The summed E-state index contributed by atoms with van der Waals surface area (Å²) in [5, 5.41) is 17.9. The normalized spacial score (nSPS) is 10.3. The molecule has 19 heavy (non-hydrogen) atoms. The molecule has 1 N–H and O–H groups in total. The van der Waals surface area contributed by atoms with E-state index in [-0.39, 0.29) is 12.5 Å². The SMILES string of the molecule is Cc1ccc(N(CCCC(=O)O)C(C)C)c(C#N)c1. The van der Waals surface area contributed by atoms with Gasteiger partial charge in [-0.1, -0.05) is 6.07 Å². The van der Waals surface area contributed by atoms with Crippen LogP contribution in [0, 0.1) is 18.3 Å². The standard InChI is InChI=1S/C15H20N2O2/c1-11(2)17(8-4-5-15(18)19)14-7-6-12(3)9-13(14)10-16/h6-7,9,11H,4-5,8H2,1-3H3,(H,18,19). The van der Waals surface area contributed by atoms with Crippen LogP contribution in [0.4, 0.5) is 5.69 Å². The van der Waals surface area contributed by atoms with Crippen molar-refractivity contribution in [3.05, 3.63) is 29.3 Å². The second kappa shape index (κ2) is 6.79. The van der Waals surface area contributed by atoms with E-state index in [4.69, 9.17) is 5.11 Å². The summed E-state index contributed by atoms with van der Waals surface area (Å²) in [5.41, 5.74) is 2.58. The molecule has 0 aromatic heterocycles. The second-order valence-electron chi connectivity index (χ2n) is 4.92. The summed E-state index contributed by atoms with van der Waals surface area (Å²) in [4.78, 5) is 12.7. The first-order valence-corrected chi connectivity index (χ1v) is 6.45. The average molecular weight is 260 g/mol. The van der Waals surface area contributed by atoms with E-state index in [1.54, 1.807) is 0 Å². The molecule has 0 spiro atoms. The fourth-order valence-corrected chi connectivity index (χ4v) is 2.05. The molecule has 4 heteroatoms. The van der Waals surface area contributed by atoms with E-state index in [1.165, 1.54) is 0 Å². The van der Waals surface area contributed by atoms with Gasteiger partial charge in [0.15, 0.2) is 0 Å². The summed E-state index contributed by atoms with van der Waals surface area (Å²) in [6.07, 6.45) is 0.725. The van der Waals surface area contributed by atoms with Crippen LogP contribution in [0.5, 0.6) is 0 Å². The van der Waals surface area contributed by atoms with Crippen LogP contribution < -0.4 is 4.90 Å². The minimum atomic E-state index is -0.784. The fraction of sp³-hybridized carbons (Fsp3) is 0.467. The molecule has 0 fully saturated rings. The summed E-state index contributed by atoms with van der Waals surface area (Å²) in [6, 6.07) is 8.22. The van der Waals surface area contributed by atoms with Gasteiger partial charge in [-0.2, -0.15) is 5.26 Å². The largest absolute Gasteiger partial charge is 0.481 e. The van der Waals surface area contributed by atoms with Gasteiger partial charge in [-0.25, -0.2) is 0 Å². The van der Waals surface area contributed by atoms with Crippen LogP contribution in [0.2, 0.25) is 0 Å². The Balaban J connectivity index is 2.93. The molecule has 1 aromatic carbocycles. The molecule has 0 amide bonds. The number of benzene rings is 1. The molecule has 0 heterocycles. The van der Waals surface area contributed by atoms with Crippen LogP contribution in [0.1, 0.15) is 37.8 Å². The fourth-order valence-electron chi connectivity index (χ4n) is 2.05. The minimum Gasteiger partial charge on any atom is -0.481 e. The molecule has 0 saturated heterocycles. The van der Waals surface area contributed by atoms with Crippen LogP contribution in [-0.4, -0.2) is 23.7 Å². The lowest BCUT2D eigenvalue weighted by Crippen LogP contribution is -2.32. The smallest absolute Gasteiger partial charge is 0.303 e. The van der Waals surface area contributed by atoms with Gasteiger partial charge in [-0.3, -0.25) is 4.79 Å². The number of nitrogens with zero attached hydrogens (tertiary/aromatic N) is 2. The third-order valence-electron chi connectivity index (χ3n) is 2.99. The minimum absolute atomic E-state index is 0.150. The van der Waals surface area contributed by atoms with Gasteiger partial charge in [-0.05, 0) is 44.9 Å². The molecule has 0 aliphatic rings. The molecule has 0 atom stereocenters. The number of hydrogen-bond donors (Lipinski definition) is 1. The Morgan fingerprint density at radius 3 is 2.68 bits per heavy atom. The lowest BCUT2D eigenvalue weighted by Gasteiger charge is -2.29. The number of anilines is 1. The summed E-state index contributed by atoms with van der Waals surface area (Å²) in [6.45, 7) is 6.68. The van der Waals surface area contributed by atoms with Crippen LogP contribution in [0.3, 0.4) is 0 Å². The zero-order valence-corrected chi connectivity index (χ0v) is 11.7. The number of carboxylic acids is 1.